The van der Waals surface area contributed by atoms with Gasteiger partial charge >= 0.3 is 0 Å². The number of hydrogen-bond acceptors (Lipinski definition) is 4. The summed E-state index contributed by atoms with van der Waals surface area (Å²) in [6, 6.07) is 4.44. The van der Waals surface area contributed by atoms with E-state index in [0.717, 1.165) is 0 Å². The molecule has 0 spiro atoms. The van der Waals surface area contributed by atoms with Crippen LogP contribution in [0.2, 0.25) is 0 Å². The molecule has 1 rings (SSSR count). The van der Waals surface area contributed by atoms with Gasteiger partial charge in [-0.05, 0) is 17.7 Å². The van der Waals surface area contributed by atoms with E-state index < -0.39 is 4.92 Å². The maximum atomic E-state index is 10.8. The predicted octanol–water partition coefficient (Wildman–Crippen LogP) is 2.66. The molecule has 0 aliphatic heterocycles. The average molecular weight is 246 g/mol. The Morgan fingerprint density at radius 1 is 1.61 bits per heavy atom. The van der Waals surface area contributed by atoms with Gasteiger partial charge in [0.25, 0.3) is 5.69 Å². The molecule has 0 fully saturated rings. The second kappa shape index (κ2) is 6.78. The van der Waals surface area contributed by atoms with Crippen LogP contribution in [-0.2, 0) is 0 Å². The first-order valence-corrected chi connectivity index (χ1v) is 5.01. The molecular weight excluding hydrogens is 236 g/mol. The summed E-state index contributed by atoms with van der Waals surface area (Å²) >= 11 is 0. The van der Waals surface area contributed by atoms with Crippen molar-refractivity contribution in [1.29, 1.82) is 0 Å². The lowest BCUT2D eigenvalue weighted by Gasteiger charge is -2.00. The highest BCUT2D eigenvalue weighted by atomic mass is 16.6. The van der Waals surface area contributed by atoms with E-state index in [0.29, 0.717) is 17.7 Å². The highest BCUT2D eigenvalue weighted by Gasteiger charge is 2.12. The van der Waals surface area contributed by atoms with Gasteiger partial charge in [-0.2, -0.15) is 0 Å². The van der Waals surface area contributed by atoms with Crippen LogP contribution in [0, 0.1) is 22.0 Å². The van der Waals surface area contributed by atoms with Gasteiger partial charge in [-0.3, -0.25) is 10.1 Å². The molecular formula is C11H10N4O3. The van der Waals surface area contributed by atoms with E-state index in [4.69, 9.17) is 10.3 Å². The monoisotopic (exact) mass is 246 g/mol. The van der Waals surface area contributed by atoms with Gasteiger partial charge in [-0.25, -0.2) is 0 Å². The summed E-state index contributed by atoms with van der Waals surface area (Å²) in [6.45, 7) is 0.244. The molecule has 0 N–H and O–H groups in total. The van der Waals surface area contributed by atoms with Crippen LogP contribution in [-0.4, -0.2) is 18.6 Å². The van der Waals surface area contributed by atoms with E-state index in [1.54, 1.807) is 6.07 Å². The smallest absolute Gasteiger partial charge is 0.288 e. The Morgan fingerprint density at radius 3 is 3.00 bits per heavy atom. The lowest BCUT2D eigenvalue weighted by atomic mass is 10.1. The van der Waals surface area contributed by atoms with Crippen molar-refractivity contribution in [2.24, 2.45) is 5.11 Å². The van der Waals surface area contributed by atoms with E-state index in [2.05, 4.69) is 21.9 Å². The van der Waals surface area contributed by atoms with Crippen molar-refractivity contribution in [1.82, 2.24) is 0 Å². The zero-order valence-electron chi connectivity index (χ0n) is 9.66. The van der Waals surface area contributed by atoms with Gasteiger partial charge in [-0.1, -0.05) is 17.0 Å². The third-order valence-electron chi connectivity index (χ3n) is 2.02. The quantitative estimate of drug-likeness (QED) is 0.155. The Hall–Kier alpha value is -2.71. The molecule has 0 bridgehead atoms. The Balaban J connectivity index is 2.94. The molecule has 7 nitrogen and oxygen atoms in total. The van der Waals surface area contributed by atoms with Gasteiger partial charge in [0, 0.05) is 17.9 Å². The topological polar surface area (TPSA) is 101 Å². The number of methoxy groups -OCH3 is 1. The van der Waals surface area contributed by atoms with Crippen molar-refractivity contribution >= 4 is 5.69 Å². The molecule has 0 atom stereocenters. The summed E-state index contributed by atoms with van der Waals surface area (Å²) in [5.74, 6) is 5.79. The van der Waals surface area contributed by atoms with E-state index >= 15 is 0 Å². The van der Waals surface area contributed by atoms with Crippen molar-refractivity contribution in [2.75, 3.05) is 13.7 Å². The molecule has 7 heteroatoms. The lowest BCUT2D eigenvalue weighted by Crippen LogP contribution is -1.93. The van der Waals surface area contributed by atoms with Gasteiger partial charge in [0.2, 0.25) is 0 Å². The summed E-state index contributed by atoms with van der Waals surface area (Å²) < 4.78 is 4.91. The van der Waals surface area contributed by atoms with Crippen LogP contribution in [0.25, 0.3) is 10.4 Å². The summed E-state index contributed by atoms with van der Waals surface area (Å²) in [6.07, 6.45) is 0.354. The molecule has 0 unspecified atom stereocenters. The Bertz CT molecular complexity index is 553. The fourth-order valence-electron chi connectivity index (χ4n) is 1.20. The molecule has 0 amide bonds. The number of nitrogens with zero attached hydrogens (tertiary/aromatic N) is 4. The molecule has 0 heterocycles. The Morgan fingerprint density at radius 2 is 2.39 bits per heavy atom. The predicted molar refractivity (Wildman–Crippen MR) is 65.2 cm³/mol. The second-order valence-electron chi connectivity index (χ2n) is 3.15. The number of rotatable bonds is 4. The highest BCUT2D eigenvalue weighted by Crippen LogP contribution is 2.23. The number of benzene rings is 1. The van der Waals surface area contributed by atoms with Crippen molar-refractivity contribution in [2.45, 2.75) is 6.42 Å². The zero-order valence-corrected chi connectivity index (χ0v) is 9.66. The van der Waals surface area contributed by atoms with Crippen molar-refractivity contribution in [3.63, 3.8) is 0 Å². The van der Waals surface area contributed by atoms with E-state index in [1.165, 1.54) is 19.2 Å². The summed E-state index contributed by atoms with van der Waals surface area (Å²) in [5.41, 5.74) is 8.27. The number of azide groups is 1. The minimum absolute atomic E-state index is 0.106. The molecule has 0 radical (unpaired) electrons. The summed E-state index contributed by atoms with van der Waals surface area (Å²) in [4.78, 5) is 12.9. The molecule has 0 aliphatic rings. The van der Waals surface area contributed by atoms with Crippen LogP contribution in [0.5, 0.6) is 5.75 Å². The van der Waals surface area contributed by atoms with Crippen molar-refractivity contribution in [3.8, 4) is 17.6 Å². The van der Waals surface area contributed by atoms with E-state index in [1.807, 2.05) is 0 Å². The van der Waals surface area contributed by atoms with Gasteiger partial charge in [0.05, 0.1) is 18.1 Å². The van der Waals surface area contributed by atoms with Crippen LogP contribution >= 0.6 is 0 Å². The molecule has 18 heavy (non-hydrogen) atoms. The van der Waals surface area contributed by atoms with Crippen LogP contribution in [0.4, 0.5) is 5.69 Å². The molecule has 1 aromatic rings. The molecule has 0 aromatic heterocycles. The Kier molecular flexibility index (Phi) is 5.03. The molecule has 0 saturated carbocycles. The first-order valence-electron chi connectivity index (χ1n) is 5.01. The SMILES string of the molecule is COc1ccc(C#CCCN=[N+]=[N-])c([N+](=O)[O-])c1. The van der Waals surface area contributed by atoms with Gasteiger partial charge < -0.3 is 4.74 Å². The largest absolute Gasteiger partial charge is 0.497 e. The minimum Gasteiger partial charge on any atom is -0.497 e. The first-order chi connectivity index (χ1) is 8.69. The second-order valence-corrected chi connectivity index (χ2v) is 3.15. The molecule has 0 saturated heterocycles. The standard InChI is InChI=1S/C11H10N4O3/c1-18-10-6-5-9(11(8-10)15(16)17)4-2-3-7-13-14-12/h5-6,8H,3,7H2,1H3. The highest BCUT2D eigenvalue weighted by molar-refractivity contribution is 5.54. The number of nitro groups is 1. The van der Waals surface area contributed by atoms with Crippen molar-refractivity contribution in [3.05, 3.63) is 44.3 Å². The molecule has 92 valence electrons. The van der Waals surface area contributed by atoms with E-state index in [-0.39, 0.29) is 12.2 Å². The third kappa shape index (κ3) is 3.70. The minimum atomic E-state index is -0.514. The lowest BCUT2D eigenvalue weighted by molar-refractivity contribution is -0.385. The number of nitro benzene ring substituents is 1. The molecule has 1 aromatic carbocycles. The van der Waals surface area contributed by atoms with Gasteiger partial charge in [0.1, 0.15) is 11.3 Å². The van der Waals surface area contributed by atoms with E-state index in [9.17, 15) is 10.1 Å². The Labute approximate surface area is 103 Å². The average Bonchev–Trinajstić information content (AvgIpc) is 2.38. The van der Waals surface area contributed by atoms with Crippen LogP contribution in [0.3, 0.4) is 0 Å². The zero-order chi connectivity index (χ0) is 13.4. The van der Waals surface area contributed by atoms with Crippen LogP contribution in [0.1, 0.15) is 12.0 Å². The maximum absolute atomic E-state index is 10.8. The fourth-order valence-corrected chi connectivity index (χ4v) is 1.20. The maximum Gasteiger partial charge on any atom is 0.288 e. The molecule has 0 aliphatic carbocycles. The number of hydrogen-bond donors (Lipinski definition) is 0. The first kappa shape index (κ1) is 13.4. The summed E-state index contributed by atoms with van der Waals surface area (Å²) in [5, 5.41) is 14.2. The van der Waals surface area contributed by atoms with Crippen LogP contribution in [0.15, 0.2) is 23.3 Å². The van der Waals surface area contributed by atoms with Crippen LogP contribution < -0.4 is 4.74 Å². The van der Waals surface area contributed by atoms with Gasteiger partial charge in [0.15, 0.2) is 0 Å². The third-order valence-corrected chi connectivity index (χ3v) is 2.02. The fraction of sp³-hybridized carbons (Fsp3) is 0.273. The normalized spacial score (nSPS) is 8.72. The summed E-state index contributed by atoms with van der Waals surface area (Å²) in [7, 11) is 1.43. The van der Waals surface area contributed by atoms with Gasteiger partial charge in [-0.15, -0.1) is 0 Å². The number of ether oxygens (including phenoxy) is 1. The van der Waals surface area contributed by atoms with Crippen molar-refractivity contribution < 1.29 is 9.66 Å².